The summed E-state index contributed by atoms with van der Waals surface area (Å²) in [6.07, 6.45) is 6.48. The summed E-state index contributed by atoms with van der Waals surface area (Å²) in [7, 11) is 0. The maximum absolute atomic E-state index is 6.37. The van der Waals surface area contributed by atoms with Gasteiger partial charge in [0.05, 0.1) is 5.75 Å². The van der Waals surface area contributed by atoms with Gasteiger partial charge in [0, 0.05) is 17.9 Å². The molecule has 0 aromatic carbocycles. The topological polar surface area (TPSA) is 24.7 Å². The minimum atomic E-state index is -0.342. The minimum absolute atomic E-state index is 0.342. The lowest BCUT2D eigenvalue weighted by Gasteiger charge is -2.30. The van der Waals surface area contributed by atoms with Gasteiger partial charge in [-0.2, -0.15) is 5.11 Å². The number of halogens is 1. The molecule has 2 nitrogen and oxygen atoms in total. The second kappa shape index (κ2) is 3.54. The summed E-state index contributed by atoms with van der Waals surface area (Å²) in [4.78, 5) is -0.342. The van der Waals surface area contributed by atoms with Crippen LogP contribution in [0.4, 0.5) is 0 Å². The van der Waals surface area contributed by atoms with Gasteiger partial charge < -0.3 is 0 Å². The van der Waals surface area contributed by atoms with Gasteiger partial charge in [0.25, 0.3) is 0 Å². The molecule has 2 rings (SSSR count). The van der Waals surface area contributed by atoms with E-state index in [1.165, 1.54) is 44.1 Å². The highest BCUT2D eigenvalue weighted by Crippen LogP contribution is 2.44. The Bertz CT molecular complexity index is 191. The third-order valence-electron chi connectivity index (χ3n) is 2.76. The maximum Gasteiger partial charge on any atom is 0.169 e. The van der Waals surface area contributed by atoms with E-state index in [1.807, 2.05) is 0 Å². The summed E-state index contributed by atoms with van der Waals surface area (Å²) in [6, 6.07) is 0. The first kappa shape index (κ1) is 8.82. The van der Waals surface area contributed by atoms with Gasteiger partial charge in [0.2, 0.25) is 0 Å². The predicted molar refractivity (Wildman–Crippen MR) is 52.5 cm³/mol. The van der Waals surface area contributed by atoms with Gasteiger partial charge in [-0.25, -0.2) is 0 Å². The van der Waals surface area contributed by atoms with Crippen molar-refractivity contribution in [3.05, 3.63) is 0 Å². The molecule has 68 valence electrons. The van der Waals surface area contributed by atoms with Crippen LogP contribution in [0.1, 0.15) is 32.1 Å². The third kappa shape index (κ3) is 1.62. The predicted octanol–water partition coefficient (Wildman–Crippen LogP) is 3.62. The zero-order valence-corrected chi connectivity index (χ0v) is 8.57. The number of hydrogen-bond acceptors (Lipinski definition) is 3. The molecule has 0 radical (unpaired) electrons. The van der Waals surface area contributed by atoms with Gasteiger partial charge in [-0.15, -0.1) is 4.52 Å². The van der Waals surface area contributed by atoms with Crippen LogP contribution in [0, 0.1) is 5.92 Å². The second-order valence-electron chi connectivity index (χ2n) is 3.61. The normalized spacial score (nSPS) is 37.4. The highest BCUT2D eigenvalue weighted by atomic mass is 35.5. The van der Waals surface area contributed by atoms with E-state index in [1.54, 1.807) is 0 Å². The van der Waals surface area contributed by atoms with Crippen LogP contribution >= 0.6 is 23.5 Å². The Morgan fingerprint density at radius 3 is 2.58 bits per heavy atom. The summed E-state index contributed by atoms with van der Waals surface area (Å²) in [5.74, 6) is 1.45. The van der Waals surface area contributed by atoms with Gasteiger partial charge in [0.15, 0.2) is 5.00 Å². The Hall–Kier alpha value is 0.240. The van der Waals surface area contributed by atoms with Gasteiger partial charge in [-0.05, 0) is 12.8 Å². The van der Waals surface area contributed by atoms with Crippen LogP contribution in [-0.4, -0.2) is 10.8 Å². The Morgan fingerprint density at radius 1 is 1.25 bits per heavy atom. The van der Waals surface area contributed by atoms with Crippen molar-refractivity contribution < 1.29 is 0 Å². The molecule has 0 N–H and O–H groups in total. The average Bonchev–Trinajstić information content (AvgIpc) is 2.55. The molecule has 1 heterocycles. The maximum atomic E-state index is 6.37. The van der Waals surface area contributed by atoms with Crippen LogP contribution in [0.3, 0.4) is 0 Å². The van der Waals surface area contributed by atoms with E-state index >= 15 is 0 Å². The standard InChI is InChI=1S/C8H13ClN2S/c9-8(6-12-11-10-8)7-4-2-1-3-5-7/h7H,1-6H2. The molecule has 4 heteroatoms. The monoisotopic (exact) mass is 204 g/mol. The van der Waals surface area contributed by atoms with E-state index in [0.29, 0.717) is 5.92 Å². The molecule has 12 heavy (non-hydrogen) atoms. The van der Waals surface area contributed by atoms with Gasteiger partial charge in [-0.1, -0.05) is 30.9 Å². The molecular weight excluding hydrogens is 192 g/mol. The molecule has 1 fully saturated rings. The number of nitrogens with zero attached hydrogens (tertiary/aromatic N) is 2. The van der Waals surface area contributed by atoms with Crippen molar-refractivity contribution >= 4 is 23.5 Å². The van der Waals surface area contributed by atoms with Gasteiger partial charge in [0.1, 0.15) is 0 Å². The molecule has 0 amide bonds. The average molecular weight is 205 g/mol. The van der Waals surface area contributed by atoms with E-state index in [9.17, 15) is 0 Å². The number of hydrogen-bond donors (Lipinski definition) is 0. The van der Waals surface area contributed by atoms with Gasteiger partial charge >= 0.3 is 0 Å². The number of alkyl halides is 1. The van der Waals surface area contributed by atoms with Crippen LogP contribution in [0.25, 0.3) is 0 Å². The fraction of sp³-hybridized carbons (Fsp3) is 1.00. The number of rotatable bonds is 1. The zero-order valence-electron chi connectivity index (χ0n) is 7.00. The Kier molecular flexibility index (Phi) is 2.60. The summed E-state index contributed by atoms with van der Waals surface area (Å²) in [6.45, 7) is 0. The molecule has 1 saturated carbocycles. The first-order chi connectivity index (χ1) is 5.81. The summed E-state index contributed by atoms with van der Waals surface area (Å²) < 4.78 is 3.92. The van der Waals surface area contributed by atoms with E-state index < -0.39 is 0 Å². The molecule has 0 spiro atoms. The Balaban J connectivity index is 2.01. The Labute approximate surface area is 82.3 Å². The Morgan fingerprint density at radius 2 is 2.00 bits per heavy atom. The summed E-state index contributed by atoms with van der Waals surface area (Å²) >= 11 is 7.87. The van der Waals surface area contributed by atoms with Crippen molar-refractivity contribution in [2.75, 3.05) is 5.75 Å². The molecule has 0 aromatic heterocycles. The smallest absolute Gasteiger partial charge is 0.158 e. The quantitative estimate of drug-likeness (QED) is 0.364. The van der Waals surface area contributed by atoms with E-state index in [0.717, 1.165) is 5.75 Å². The molecule has 1 aliphatic carbocycles. The van der Waals surface area contributed by atoms with Crippen molar-refractivity contribution in [2.24, 2.45) is 15.6 Å². The van der Waals surface area contributed by atoms with Crippen molar-refractivity contribution in [3.63, 3.8) is 0 Å². The molecule has 2 aliphatic rings. The fourth-order valence-electron chi connectivity index (χ4n) is 1.99. The van der Waals surface area contributed by atoms with E-state index in [4.69, 9.17) is 11.6 Å². The van der Waals surface area contributed by atoms with Crippen LogP contribution in [-0.2, 0) is 0 Å². The summed E-state index contributed by atoms with van der Waals surface area (Å²) in [5, 5.41) is 4.14. The molecule has 0 bridgehead atoms. The van der Waals surface area contributed by atoms with Gasteiger partial charge in [-0.3, -0.25) is 0 Å². The van der Waals surface area contributed by atoms with Crippen LogP contribution in [0.15, 0.2) is 9.63 Å². The molecule has 1 unspecified atom stereocenters. The SMILES string of the molecule is ClC1(C2CCCCC2)CSN=N1. The van der Waals surface area contributed by atoms with Crippen molar-refractivity contribution in [1.29, 1.82) is 0 Å². The zero-order chi connectivity index (χ0) is 8.44. The lowest BCUT2D eigenvalue weighted by Crippen LogP contribution is -2.31. The molecule has 0 saturated heterocycles. The molecule has 1 atom stereocenters. The summed E-state index contributed by atoms with van der Waals surface area (Å²) in [5.41, 5.74) is 0. The highest BCUT2D eigenvalue weighted by Gasteiger charge is 2.40. The van der Waals surface area contributed by atoms with E-state index in [-0.39, 0.29) is 5.00 Å². The first-order valence-corrected chi connectivity index (χ1v) is 5.86. The fourth-order valence-corrected chi connectivity index (χ4v) is 3.17. The van der Waals surface area contributed by atoms with Crippen molar-refractivity contribution in [3.8, 4) is 0 Å². The van der Waals surface area contributed by atoms with Crippen LogP contribution in [0.5, 0.6) is 0 Å². The van der Waals surface area contributed by atoms with Crippen LogP contribution < -0.4 is 0 Å². The lowest BCUT2D eigenvalue weighted by atomic mass is 9.84. The highest BCUT2D eigenvalue weighted by molar-refractivity contribution is 7.98. The molecule has 1 aliphatic heterocycles. The van der Waals surface area contributed by atoms with Crippen molar-refractivity contribution in [2.45, 2.75) is 37.1 Å². The van der Waals surface area contributed by atoms with E-state index in [2.05, 4.69) is 9.63 Å². The van der Waals surface area contributed by atoms with Crippen molar-refractivity contribution in [1.82, 2.24) is 0 Å². The van der Waals surface area contributed by atoms with Crippen LogP contribution in [0.2, 0.25) is 0 Å². The second-order valence-corrected chi connectivity index (χ2v) is 4.97. The first-order valence-electron chi connectivity index (χ1n) is 4.54. The largest absolute Gasteiger partial charge is 0.169 e. The molecular formula is C8H13ClN2S. The lowest BCUT2D eigenvalue weighted by molar-refractivity contribution is 0.293. The molecule has 0 aromatic rings. The third-order valence-corrected chi connectivity index (χ3v) is 4.21. The minimum Gasteiger partial charge on any atom is -0.158 e.